The molecule has 16 heavy (non-hydrogen) atoms. The van der Waals surface area contributed by atoms with Gasteiger partial charge >= 0.3 is 0 Å². The fourth-order valence-corrected chi connectivity index (χ4v) is 2.46. The summed E-state index contributed by atoms with van der Waals surface area (Å²) in [5.41, 5.74) is 1.40. The molecule has 1 heterocycles. The van der Waals surface area contributed by atoms with E-state index in [9.17, 15) is 0 Å². The van der Waals surface area contributed by atoms with Crippen LogP contribution in [0.4, 0.5) is 0 Å². The minimum absolute atomic E-state index is 0.883. The average Bonchev–Trinajstić information content (AvgIpc) is 2.32. The zero-order valence-corrected chi connectivity index (χ0v) is 10.2. The van der Waals surface area contributed by atoms with Gasteiger partial charge in [0.05, 0.1) is 0 Å². The Bertz CT molecular complexity index is 297. The van der Waals surface area contributed by atoms with Gasteiger partial charge in [-0.1, -0.05) is 13.0 Å². The predicted molar refractivity (Wildman–Crippen MR) is 67.3 cm³/mol. The van der Waals surface area contributed by atoms with E-state index in [1.807, 2.05) is 18.5 Å². The van der Waals surface area contributed by atoms with E-state index in [1.165, 1.54) is 37.8 Å². The van der Waals surface area contributed by atoms with Gasteiger partial charge in [-0.15, -0.1) is 0 Å². The summed E-state index contributed by atoms with van der Waals surface area (Å²) in [6, 6.07) is 4.24. The van der Waals surface area contributed by atoms with Gasteiger partial charge in [-0.25, -0.2) is 0 Å². The normalized spacial score (nSPS) is 24.1. The van der Waals surface area contributed by atoms with Gasteiger partial charge < -0.3 is 5.32 Å². The van der Waals surface area contributed by atoms with Crippen molar-refractivity contribution in [3.63, 3.8) is 0 Å². The third-order valence-electron chi connectivity index (χ3n) is 3.63. The number of nitrogens with zero attached hydrogens (tertiary/aromatic N) is 1. The van der Waals surface area contributed by atoms with Crippen LogP contribution in [0.5, 0.6) is 0 Å². The van der Waals surface area contributed by atoms with Crippen molar-refractivity contribution in [2.45, 2.75) is 32.6 Å². The fraction of sp³-hybridized carbons (Fsp3) is 0.643. The average molecular weight is 218 g/mol. The quantitative estimate of drug-likeness (QED) is 0.743. The van der Waals surface area contributed by atoms with Crippen molar-refractivity contribution in [2.75, 3.05) is 13.1 Å². The number of pyridine rings is 1. The molecule has 2 atom stereocenters. The predicted octanol–water partition coefficient (Wildman–Crippen LogP) is 2.65. The first-order valence-corrected chi connectivity index (χ1v) is 6.49. The molecule has 0 bridgehead atoms. The monoisotopic (exact) mass is 218 g/mol. The van der Waals surface area contributed by atoms with E-state index in [4.69, 9.17) is 0 Å². The molecule has 2 nitrogen and oxygen atoms in total. The maximum Gasteiger partial charge on any atom is 0.0299 e. The van der Waals surface area contributed by atoms with Crippen LogP contribution in [-0.2, 0) is 6.42 Å². The van der Waals surface area contributed by atoms with Crippen LogP contribution in [0.2, 0.25) is 0 Å². The van der Waals surface area contributed by atoms with Gasteiger partial charge in [0.15, 0.2) is 0 Å². The van der Waals surface area contributed by atoms with Gasteiger partial charge in [0.25, 0.3) is 0 Å². The molecule has 88 valence electrons. The molecule has 0 spiro atoms. The largest absolute Gasteiger partial charge is 0.316 e. The number of hydrogen-bond donors (Lipinski definition) is 1. The van der Waals surface area contributed by atoms with Crippen molar-refractivity contribution in [3.8, 4) is 0 Å². The van der Waals surface area contributed by atoms with Crippen LogP contribution in [0, 0.1) is 11.8 Å². The second-order valence-corrected chi connectivity index (χ2v) is 4.87. The molecule has 2 heteroatoms. The van der Waals surface area contributed by atoms with Crippen molar-refractivity contribution in [1.29, 1.82) is 0 Å². The van der Waals surface area contributed by atoms with Crippen LogP contribution in [0.3, 0.4) is 0 Å². The van der Waals surface area contributed by atoms with Gasteiger partial charge in [0.2, 0.25) is 0 Å². The highest BCUT2D eigenvalue weighted by Crippen LogP contribution is 2.36. The Kier molecular flexibility index (Phi) is 4.34. The highest BCUT2D eigenvalue weighted by molar-refractivity contribution is 5.10. The molecule has 1 aromatic rings. The first kappa shape index (κ1) is 11.6. The molecule has 1 saturated carbocycles. The minimum Gasteiger partial charge on any atom is -0.316 e. The summed E-state index contributed by atoms with van der Waals surface area (Å²) < 4.78 is 0. The second kappa shape index (κ2) is 6.00. The lowest BCUT2D eigenvalue weighted by atomic mass is 9.71. The van der Waals surface area contributed by atoms with Crippen LogP contribution in [-0.4, -0.2) is 18.1 Å². The fourth-order valence-electron chi connectivity index (χ4n) is 2.46. The zero-order valence-electron chi connectivity index (χ0n) is 10.2. The van der Waals surface area contributed by atoms with E-state index in [2.05, 4.69) is 23.3 Å². The Morgan fingerprint density at radius 2 is 2.25 bits per heavy atom. The SMILES string of the molecule is CCCNCC1CCC1Cc1cccnc1. The van der Waals surface area contributed by atoms with Crippen LogP contribution in [0.15, 0.2) is 24.5 Å². The van der Waals surface area contributed by atoms with Gasteiger partial charge in [0.1, 0.15) is 0 Å². The second-order valence-electron chi connectivity index (χ2n) is 4.87. The maximum atomic E-state index is 4.18. The molecule has 0 aromatic carbocycles. The molecule has 2 unspecified atom stereocenters. The van der Waals surface area contributed by atoms with Gasteiger partial charge in [0, 0.05) is 12.4 Å². The van der Waals surface area contributed by atoms with E-state index < -0.39 is 0 Å². The van der Waals surface area contributed by atoms with Crippen LogP contribution < -0.4 is 5.32 Å². The standard InChI is InChI=1S/C14H22N2/c1-2-7-15-11-14-6-5-13(14)9-12-4-3-8-16-10-12/h3-4,8,10,13-15H,2,5-7,9,11H2,1H3. The molecule has 1 aliphatic carbocycles. The summed E-state index contributed by atoms with van der Waals surface area (Å²) in [6.07, 6.45) is 9.11. The molecule has 0 amide bonds. The molecule has 1 aromatic heterocycles. The zero-order chi connectivity index (χ0) is 11.2. The third kappa shape index (κ3) is 3.05. The Morgan fingerprint density at radius 1 is 1.38 bits per heavy atom. The van der Waals surface area contributed by atoms with E-state index in [-0.39, 0.29) is 0 Å². The molecule has 0 saturated heterocycles. The first-order chi connectivity index (χ1) is 7.90. The Hall–Kier alpha value is -0.890. The summed E-state index contributed by atoms with van der Waals surface area (Å²) >= 11 is 0. The highest BCUT2D eigenvalue weighted by atomic mass is 14.9. The third-order valence-corrected chi connectivity index (χ3v) is 3.63. The maximum absolute atomic E-state index is 4.18. The smallest absolute Gasteiger partial charge is 0.0299 e. The molecule has 0 aliphatic heterocycles. The lowest BCUT2D eigenvalue weighted by Gasteiger charge is -2.37. The topological polar surface area (TPSA) is 24.9 Å². The number of aromatic nitrogens is 1. The van der Waals surface area contributed by atoms with E-state index in [1.54, 1.807) is 0 Å². The molecule has 0 radical (unpaired) electrons. The summed E-state index contributed by atoms with van der Waals surface area (Å²) in [5.74, 6) is 1.78. The Morgan fingerprint density at radius 3 is 2.88 bits per heavy atom. The minimum atomic E-state index is 0.883. The van der Waals surface area contributed by atoms with Crippen LogP contribution >= 0.6 is 0 Å². The molecule has 1 N–H and O–H groups in total. The highest BCUT2D eigenvalue weighted by Gasteiger charge is 2.30. The summed E-state index contributed by atoms with van der Waals surface area (Å²) in [4.78, 5) is 4.18. The molecule has 2 rings (SSSR count). The Balaban J connectivity index is 1.74. The number of rotatable bonds is 6. The molecular formula is C14H22N2. The van der Waals surface area contributed by atoms with Crippen molar-refractivity contribution in [2.24, 2.45) is 11.8 Å². The van der Waals surface area contributed by atoms with Gasteiger partial charge in [-0.2, -0.15) is 0 Å². The van der Waals surface area contributed by atoms with Crippen molar-refractivity contribution in [3.05, 3.63) is 30.1 Å². The van der Waals surface area contributed by atoms with E-state index in [0.29, 0.717) is 0 Å². The van der Waals surface area contributed by atoms with Crippen LogP contribution in [0.25, 0.3) is 0 Å². The number of hydrogen-bond acceptors (Lipinski definition) is 2. The number of nitrogens with one attached hydrogen (secondary N) is 1. The summed E-state index contributed by atoms with van der Waals surface area (Å²) in [5, 5.41) is 3.54. The van der Waals surface area contributed by atoms with Crippen molar-refractivity contribution >= 4 is 0 Å². The van der Waals surface area contributed by atoms with Gasteiger partial charge in [-0.3, -0.25) is 4.98 Å². The lowest BCUT2D eigenvalue weighted by molar-refractivity contribution is 0.171. The molecule has 1 fully saturated rings. The summed E-state index contributed by atoms with van der Waals surface area (Å²) in [6.45, 7) is 4.59. The summed E-state index contributed by atoms with van der Waals surface area (Å²) in [7, 11) is 0. The van der Waals surface area contributed by atoms with E-state index >= 15 is 0 Å². The van der Waals surface area contributed by atoms with Crippen molar-refractivity contribution in [1.82, 2.24) is 10.3 Å². The van der Waals surface area contributed by atoms with E-state index in [0.717, 1.165) is 18.4 Å². The van der Waals surface area contributed by atoms with Gasteiger partial charge in [-0.05, 0) is 62.2 Å². The van der Waals surface area contributed by atoms with Crippen LogP contribution in [0.1, 0.15) is 31.7 Å². The Labute approximate surface area is 98.5 Å². The molecule has 1 aliphatic rings. The lowest BCUT2D eigenvalue weighted by Crippen LogP contribution is -2.36. The van der Waals surface area contributed by atoms with Crippen molar-refractivity contribution < 1.29 is 0 Å². The molecular weight excluding hydrogens is 196 g/mol. The first-order valence-electron chi connectivity index (χ1n) is 6.49.